The van der Waals surface area contributed by atoms with Gasteiger partial charge >= 0.3 is 0 Å². The summed E-state index contributed by atoms with van der Waals surface area (Å²) in [6, 6.07) is 8.19. The molecule has 1 N–H and O–H groups in total. The first-order chi connectivity index (χ1) is 11.7. The first-order valence-electron chi connectivity index (χ1n) is 8.63. The second-order valence-electron chi connectivity index (χ2n) is 6.92. The van der Waals surface area contributed by atoms with Crippen molar-refractivity contribution in [2.75, 3.05) is 31.2 Å². The molecule has 1 aromatic heterocycles. The molecule has 0 bridgehead atoms. The first-order valence-corrected chi connectivity index (χ1v) is 9.44. The van der Waals surface area contributed by atoms with Crippen LogP contribution >= 0.6 is 11.3 Å². The molecule has 2 unspecified atom stereocenters. The highest BCUT2D eigenvalue weighted by atomic mass is 32.1. The standard InChI is InChI=1S/C18H23N3O2S/c1-2-5-16-19-20-17(24-16)21-9-14-10-23-15-7-4-3-6-13(15)8-18(14,11-21)12-22/h3-4,6-7,14,22H,2,5,8-12H2,1H3. The van der Waals surface area contributed by atoms with E-state index in [1.807, 2.05) is 18.2 Å². The highest BCUT2D eigenvalue weighted by molar-refractivity contribution is 7.15. The molecule has 1 fully saturated rings. The number of fused-ring (bicyclic) bond motifs is 2. The van der Waals surface area contributed by atoms with E-state index in [-0.39, 0.29) is 12.0 Å². The monoisotopic (exact) mass is 345 g/mol. The summed E-state index contributed by atoms with van der Waals surface area (Å²) in [5, 5.41) is 21.0. The number of hydrogen-bond donors (Lipinski definition) is 1. The maximum absolute atomic E-state index is 10.2. The lowest BCUT2D eigenvalue weighted by molar-refractivity contribution is 0.0816. The zero-order chi connectivity index (χ0) is 16.6. The van der Waals surface area contributed by atoms with Crippen LogP contribution in [0.3, 0.4) is 0 Å². The Morgan fingerprint density at radius 2 is 2.25 bits per heavy atom. The smallest absolute Gasteiger partial charge is 0.208 e. The van der Waals surface area contributed by atoms with E-state index >= 15 is 0 Å². The average Bonchev–Trinajstić information content (AvgIpc) is 3.17. The van der Waals surface area contributed by atoms with Crippen LogP contribution in [-0.2, 0) is 12.8 Å². The Labute approximate surface area is 146 Å². The van der Waals surface area contributed by atoms with Gasteiger partial charge in [0.25, 0.3) is 0 Å². The van der Waals surface area contributed by atoms with Gasteiger partial charge in [0, 0.05) is 30.8 Å². The molecule has 5 nitrogen and oxygen atoms in total. The highest BCUT2D eigenvalue weighted by Crippen LogP contribution is 2.45. The number of aryl methyl sites for hydroxylation is 1. The van der Waals surface area contributed by atoms with Crippen LogP contribution in [0.4, 0.5) is 5.13 Å². The van der Waals surface area contributed by atoms with Crippen molar-refractivity contribution in [3.63, 3.8) is 0 Å². The number of aliphatic hydroxyl groups excluding tert-OH is 1. The van der Waals surface area contributed by atoms with Crippen LogP contribution in [0, 0.1) is 11.3 Å². The van der Waals surface area contributed by atoms with Crippen molar-refractivity contribution in [2.24, 2.45) is 11.3 Å². The van der Waals surface area contributed by atoms with Crippen LogP contribution in [0.5, 0.6) is 5.75 Å². The van der Waals surface area contributed by atoms with E-state index in [1.54, 1.807) is 11.3 Å². The molecule has 128 valence electrons. The Kier molecular flexibility index (Phi) is 4.18. The van der Waals surface area contributed by atoms with Crippen LogP contribution < -0.4 is 9.64 Å². The van der Waals surface area contributed by atoms with E-state index < -0.39 is 0 Å². The molecular weight excluding hydrogens is 322 g/mol. The van der Waals surface area contributed by atoms with Crippen LogP contribution in [0.2, 0.25) is 0 Å². The third-order valence-electron chi connectivity index (χ3n) is 5.27. The molecule has 0 spiro atoms. The topological polar surface area (TPSA) is 58.5 Å². The van der Waals surface area contributed by atoms with Gasteiger partial charge in [0.1, 0.15) is 10.8 Å². The minimum atomic E-state index is -0.163. The number of hydrogen-bond acceptors (Lipinski definition) is 6. The molecule has 2 aliphatic heterocycles. The lowest BCUT2D eigenvalue weighted by Crippen LogP contribution is -2.37. The molecule has 6 heteroatoms. The number of benzene rings is 1. The number of para-hydroxylation sites is 1. The molecule has 24 heavy (non-hydrogen) atoms. The highest BCUT2D eigenvalue weighted by Gasteiger charge is 2.49. The van der Waals surface area contributed by atoms with Crippen molar-refractivity contribution in [1.82, 2.24) is 10.2 Å². The van der Waals surface area contributed by atoms with Crippen molar-refractivity contribution in [3.05, 3.63) is 34.8 Å². The van der Waals surface area contributed by atoms with E-state index in [9.17, 15) is 5.11 Å². The minimum Gasteiger partial charge on any atom is -0.493 e. The fraction of sp³-hybridized carbons (Fsp3) is 0.556. The lowest BCUT2D eigenvalue weighted by atomic mass is 9.75. The van der Waals surface area contributed by atoms with E-state index in [0.717, 1.165) is 48.2 Å². The number of rotatable bonds is 4. The van der Waals surface area contributed by atoms with Gasteiger partial charge in [-0.3, -0.25) is 0 Å². The van der Waals surface area contributed by atoms with Crippen LogP contribution in [0.25, 0.3) is 0 Å². The van der Waals surface area contributed by atoms with Gasteiger partial charge in [0.2, 0.25) is 5.13 Å². The molecule has 1 aromatic carbocycles. The van der Waals surface area contributed by atoms with E-state index in [4.69, 9.17) is 4.74 Å². The molecule has 1 saturated heterocycles. The molecule has 2 atom stereocenters. The number of aliphatic hydroxyl groups is 1. The summed E-state index contributed by atoms with van der Waals surface area (Å²) < 4.78 is 6.05. The summed E-state index contributed by atoms with van der Waals surface area (Å²) in [5.74, 6) is 1.26. The SMILES string of the molecule is CCCc1nnc(N2CC3COc4ccccc4CC3(CO)C2)s1. The van der Waals surface area contributed by atoms with Gasteiger partial charge in [0.15, 0.2) is 0 Å². The van der Waals surface area contributed by atoms with E-state index in [2.05, 4.69) is 28.1 Å². The summed E-state index contributed by atoms with van der Waals surface area (Å²) >= 11 is 1.68. The lowest BCUT2D eigenvalue weighted by Gasteiger charge is -2.30. The van der Waals surface area contributed by atoms with Crippen molar-refractivity contribution in [1.29, 1.82) is 0 Å². The zero-order valence-electron chi connectivity index (χ0n) is 13.9. The number of anilines is 1. The second-order valence-corrected chi connectivity index (χ2v) is 7.96. The molecule has 2 aromatic rings. The van der Waals surface area contributed by atoms with Gasteiger partial charge in [-0.1, -0.05) is 36.5 Å². The quantitative estimate of drug-likeness (QED) is 0.923. The Morgan fingerprint density at radius 1 is 1.38 bits per heavy atom. The van der Waals surface area contributed by atoms with Crippen LogP contribution in [0.15, 0.2) is 24.3 Å². The van der Waals surface area contributed by atoms with Crippen molar-refractivity contribution in [2.45, 2.75) is 26.2 Å². The number of aromatic nitrogens is 2. The summed E-state index contributed by atoms with van der Waals surface area (Å²) in [6.07, 6.45) is 2.92. The third-order valence-corrected chi connectivity index (χ3v) is 6.32. The second kappa shape index (κ2) is 6.33. The van der Waals surface area contributed by atoms with E-state index in [1.165, 1.54) is 5.56 Å². The molecule has 0 radical (unpaired) electrons. The molecule has 4 rings (SSSR count). The normalized spacial score (nSPS) is 25.8. The van der Waals surface area contributed by atoms with Gasteiger partial charge < -0.3 is 14.7 Å². The van der Waals surface area contributed by atoms with Gasteiger partial charge in [0.05, 0.1) is 13.2 Å². The van der Waals surface area contributed by atoms with Crippen LogP contribution in [0.1, 0.15) is 23.9 Å². The maximum atomic E-state index is 10.2. The van der Waals surface area contributed by atoms with Gasteiger partial charge in [-0.25, -0.2) is 0 Å². The molecule has 2 aliphatic rings. The predicted molar refractivity (Wildman–Crippen MR) is 94.8 cm³/mol. The van der Waals surface area contributed by atoms with E-state index in [0.29, 0.717) is 12.5 Å². The average molecular weight is 345 g/mol. The zero-order valence-corrected chi connectivity index (χ0v) is 14.8. The summed E-state index contributed by atoms with van der Waals surface area (Å²) in [5.41, 5.74) is 1.03. The Balaban J connectivity index is 1.60. The summed E-state index contributed by atoms with van der Waals surface area (Å²) in [4.78, 5) is 2.29. The van der Waals surface area contributed by atoms with Gasteiger partial charge in [-0.2, -0.15) is 0 Å². The Hall–Kier alpha value is -1.66. The fourth-order valence-corrected chi connectivity index (χ4v) is 4.84. The summed E-state index contributed by atoms with van der Waals surface area (Å²) in [6.45, 7) is 4.66. The molecule has 3 heterocycles. The minimum absolute atomic E-state index is 0.163. The largest absolute Gasteiger partial charge is 0.493 e. The Bertz CT molecular complexity index is 720. The molecular formula is C18H23N3O2S. The van der Waals surface area contributed by atoms with Crippen molar-refractivity contribution in [3.8, 4) is 5.75 Å². The van der Waals surface area contributed by atoms with Gasteiger partial charge in [-0.15, -0.1) is 10.2 Å². The predicted octanol–water partition coefficient (Wildman–Crippen LogP) is 2.54. The molecule has 0 saturated carbocycles. The first kappa shape index (κ1) is 15.8. The maximum Gasteiger partial charge on any atom is 0.208 e. The van der Waals surface area contributed by atoms with Gasteiger partial charge in [-0.05, 0) is 24.5 Å². The fourth-order valence-electron chi connectivity index (χ4n) is 3.89. The number of nitrogens with zero attached hydrogens (tertiary/aromatic N) is 3. The number of ether oxygens (including phenoxy) is 1. The Morgan fingerprint density at radius 3 is 3.08 bits per heavy atom. The van der Waals surface area contributed by atoms with Crippen molar-refractivity contribution >= 4 is 16.5 Å². The third kappa shape index (κ3) is 2.67. The molecule has 0 aliphatic carbocycles. The van der Waals surface area contributed by atoms with Crippen LogP contribution in [-0.4, -0.2) is 41.6 Å². The summed E-state index contributed by atoms with van der Waals surface area (Å²) in [7, 11) is 0. The van der Waals surface area contributed by atoms with Crippen molar-refractivity contribution < 1.29 is 9.84 Å². The molecule has 0 amide bonds.